The largest absolute Gasteiger partial charge is 0.488 e. The summed E-state index contributed by atoms with van der Waals surface area (Å²) in [7, 11) is 0. The van der Waals surface area contributed by atoms with E-state index in [1.54, 1.807) is 6.07 Å². The molecule has 1 aliphatic rings. The third kappa shape index (κ3) is 2.71. The molecule has 0 aliphatic carbocycles. The predicted octanol–water partition coefficient (Wildman–Crippen LogP) is 4.26. The standard InChI is InChI=1S/C14H15ClO3S3/c1-7(16)8-5-9(15)11-10(12(8)19-2)13(17)14(20-3,21-4)6-18-11/h5H,6H2,1-4H3. The molecule has 0 atom stereocenters. The molecule has 3 nitrogen and oxygen atoms in total. The van der Waals surface area contributed by atoms with Crippen molar-refractivity contribution in [1.29, 1.82) is 0 Å². The summed E-state index contributed by atoms with van der Waals surface area (Å²) >= 11 is 10.5. The minimum Gasteiger partial charge on any atom is -0.488 e. The monoisotopic (exact) mass is 362 g/mol. The Morgan fingerprint density at radius 3 is 2.43 bits per heavy atom. The molecule has 0 saturated carbocycles. The zero-order chi connectivity index (χ0) is 15.8. The van der Waals surface area contributed by atoms with Crippen molar-refractivity contribution in [3.05, 3.63) is 22.2 Å². The molecule has 21 heavy (non-hydrogen) atoms. The van der Waals surface area contributed by atoms with Gasteiger partial charge in [-0.3, -0.25) is 9.59 Å². The second-order valence-corrected chi connectivity index (χ2v) is 8.17. The number of hydrogen-bond donors (Lipinski definition) is 0. The third-order valence-electron chi connectivity index (χ3n) is 3.41. The van der Waals surface area contributed by atoms with Gasteiger partial charge < -0.3 is 4.74 Å². The summed E-state index contributed by atoms with van der Waals surface area (Å²) in [5, 5.41) is 0.317. The molecule has 1 aliphatic heterocycles. The Balaban J connectivity index is 2.75. The molecule has 0 saturated heterocycles. The molecule has 114 valence electrons. The maximum Gasteiger partial charge on any atom is 0.197 e. The number of benzene rings is 1. The average molecular weight is 363 g/mol. The maximum atomic E-state index is 13.0. The number of thioether (sulfide) groups is 3. The fourth-order valence-electron chi connectivity index (χ4n) is 2.25. The van der Waals surface area contributed by atoms with E-state index in [1.165, 1.54) is 42.2 Å². The highest BCUT2D eigenvalue weighted by Gasteiger charge is 2.45. The fraction of sp³-hybridized carbons (Fsp3) is 0.429. The van der Waals surface area contributed by atoms with Crippen LogP contribution in [-0.4, -0.2) is 41.0 Å². The van der Waals surface area contributed by atoms with E-state index in [2.05, 4.69) is 0 Å². The predicted molar refractivity (Wildman–Crippen MR) is 92.8 cm³/mol. The summed E-state index contributed by atoms with van der Waals surface area (Å²) in [5.41, 5.74) is 0.913. The summed E-state index contributed by atoms with van der Waals surface area (Å²) < 4.78 is 5.10. The van der Waals surface area contributed by atoms with Gasteiger partial charge in [0, 0.05) is 10.5 Å². The van der Waals surface area contributed by atoms with Gasteiger partial charge in [-0.15, -0.1) is 35.3 Å². The number of carbonyl (C=O) groups is 2. The van der Waals surface area contributed by atoms with Gasteiger partial charge in [0.25, 0.3) is 0 Å². The van der Waals surface area contributed by atoms with E-state index in [4.69, 9.17) is 16.3 Å². The lowest BCUT2D eigenvalue weighted by Gasteiger charge is -2.35. The quantitative estimate of drug-likeness (QED) is 0.453. The average Bonchev–Trinajstić information content (AvgIpc) is 2.48. The van der Waals surface area contributed by atoms with E-state index in [-0.39, 0.29) is 18.2 Å². The number of hydrogen-bond acceptors (Lipinski definition) is 6. The van der Waals surface area contributed by atoms with Gasteiger partial charge in [0.05, 0.1) is 10.6 Å². The molecule has 0 radical (unpaired) electrons. The SMILES string of the molecule is CSc1c(C(C)=O)cc(Cl)c2c1C(=O)C(SC)(SC)CO2. The lowest BCUT2D eigenvalue weighted by Crippen LogP contribution is -2.42. The molecule has 1 heterocycles. The molecule has 0 amide bonds. The van der Waals surface area contributed by atoms with Crippen LogP contribution in [0.2, 0.25) is 5.02 Å². The number of fused-ring (bicyclic) bond motifs is 1. The second-order valence-electron chi connectivity index (χ2n) is 4.48. The summed E-state index contributed by atoms with van der Waals surface area (Å²) in [4.78, 5) is 25.5. The Hall–Kier alpha value is -0.300. The van der Waals surface area contributed by atoms with E-state index in [0.29, 0.717) is 26.8 Å². The Morgan fingerprint density at radius 1 is 1.33 bits per heavy atom. The van der Waals surface area contributed by atoms with E-state index >= 15 is 0 Å². The van der Waals surface area contributed by atoms with Crippen LogP contribution < -0.4 is 4.74 Å². The van der Waals surface area contributed by atoms with Gasteiger partial charge in [-0.25, -0.2) is 0 Å². The van der Waals surface area contributed by atoms with Gasteiger partial charge in [0.1, 0.15) is 12.4 Å². The van der Waals surface area contributed by atoms with Crippen molar-refractivity contribution in [1.82, 2.24) is 0 Å². The molecule has 0 fully saturated rings. The van der Waals surface area contributed by atoms with E-state index in [9.17, 15) is 9.59 Å². The van der Waals surface area contributed by atoms with Crippen molar-refractivity contribution < 1.29 is 14.3 Å². The molecular formula is C14H15ClO3S3. The first-order chi connectivity index (χ1) is 9.91. The first-order valence-corrected chi connectivity index (χ1v) is 10.2. The van der Waals surface area contributed by atoms with Gasteiger partial charge in [-0.2, -0.15) is 0 Å². The zero-order valence-electron chi connectivity index (χ0n) is 12.1. The van der Waals surface area contributed by atoms with Crippen LogP contribution >= 0.6 is 46.9 Å². The highest BCUT2D eigenvalue weighted by molar-refractivity contribution is 8.18. The zero-order valence-corrected chi connectivity index (χ0v) is 15.3. The molecule has 0 bridgehead atoms. The van der Waals surface area contributed by atoms with Crippen molar-refractivity contribution in [3.8, 4) is 5.75 Å². The highest BCUT2D eigenvalue weighted by Crippen LogP contribution is 2.48. The van der Waals surface area contributed by atoms with Crippen molar-refractivity contribution in [2.45, 2.75) is 15.9 Å². The summed E-state index contributed by atoms with van der Waals surface area (Å²) in [6.45, 7) is 1.75. The van der Waals surface area contributed by atoms with Crippen molar-refractivity contribution in [3.63, 3.8) is 0 Å². The highest BCUT2D eigenvalue weighted by atomic mass is 35.5. The Labute approximate surface area is 141 Å². The van der Waals surface area contributed by atoms with Crippen LogP contribution in [0.25, 0.3) is 0 Å². The Morgan fingerprint density at radius 2 is 1.95 bits per heavy atom. The van der Waals surface area contributed by atoms with Crippen LogP contribution in [0.1, 0.15) is 27.6 Å². The first-order valence-electron chi connectivity index (χ1n) is 6.11. The number of ketones is 2. The first kappa shape index (κ1) is 17.1. The number of rotatable bonds is 4. The molecule has 0 unspecified atom stereocenters. The molecule has 7 heteroatoms. The van der Waals surface area contributed by atoms with Crippen LogP contribution in [0.15, 0.2) is 11.0 Å². The molecule has 2 rings (SSSR count). The normalized spacial score (nSPS) is 16.3. The lowest BCUT2D eigenvalue weighted by atomic mass is 9.99. The van der Waals surface area contributed by atoms with Gasteiger partial charge in [-0.1, -0.05) is 11.6 Å². The van der Waals surface area contributed by atoms with Crippen LogP contribution in [0, 0.1) is 0 Å². The molecule has 0 N–H and O–H groups in total. The number of Topliss-reactive ketones (excluding diaryl/α,β-unsaturated/α-hetero) is 2. The van der Waals surface area contributed by atoms with Gasteiger partial charge in [0.15, 0.2) is 15.6 Å². The van der Waals surface area contributed by atoms with Crippen LogP contribution in [0.5, 0.6) is 5.75 Å². The Kier molecular flexibility index (Phi) is 5.23. The molecule has 1 aromatic carbocycles. The third-order valence-corrected chi connectivity index (χ3v) is 7.45. The van der Waals surface area contributed by atoms with Crippen molar-refractivity contribution in [2.24, 2.45) is 0 Å². The fourth-order valence-corrected chi connectivity index (χ4v) is 4.91. The smallest absolute Gasteiger partial charge is 0.197 e. The van der Waals surface area contributed by atoms with Gasteiger partial charge in [0.2, 0.25) is 0 Å². The maximum absolute atomic E-state index is 13.0. The summed E-state index contributed by atoms with van der Waals surface area (Å²) in [6.07, 6.45) is 5.62. The van der Waals surface area contributed by atoms with Crippen molar-refractivity contribution in [2.75, 3.05) is 25.4 Å². The van der Waals surface area contributed by atoms with E-state index in [0.717, 1.165) is 0 Å². The minimum absolute atomic E-state index is 0.0295. The van der Waals surface area contributed by atoms with E-state index < -0.39 is 4.08 Å². The lowest BCUT2D eigenvalue weighted by molar-refractivity contribution is 0.0922. The van der Waals surface area contributed by atoms with Crippen LogP contribution in [-0.2, 0) is 0 Å². The summed E-state index contributed by atoms with van der Waals surface area (Å²) in [6, 6.07) is 1.59. The van der Waals surface area contributed by atoms with Crippen molar-refractivity contribution >= 4 is 58.5 Å². The number of halogens is 1. The molecular weight excluding hydrogens is 348 g/mol. The molecule has 0 aromatic heterocycles. The van der Waals surface area contributed by atoms with Gasteiger partial charge in [-0.05, 0) is 31.8 Å². The summed E-state index contributed by atoms with van der Waals surface area (Å²) in [5.74, 6) is 0.258. The molecule has 0 spiro atoms. The number of ether oxygens (including phenoxy) is 1. The van der Waals surface area contributed by atoms with E-state index in [1.807, 2.05) is 18.8 Å². The number of carbonyl (C=O) groups excluding carboxylic acids is 2. The minimum atomic E-state index is -0.684. The molecule has 1 aromatic rings. The Bertz CT molecular complexity index is 612. The van der Waals surface area contributed by atoms with Gasteiger partial charge >= 0.3 is 0 Å². The van der Waals surface area contributed by atoms with Crippen LogP contribution in [0.4, 0.5) is 0 Å². The topological polar surface area (TPSA) is 43.4 Å². The van der Waals surface area contributed by atoms with Crippen LogP contribution in [0.3, 0.4) is 0 Å². The second kappa shape index (κ2) is 6.44.